The number of fused-ring (bicyclic) bond motifs is 2. The van der Waals surface area contributed by atoms with Gasteiger partial charge in [-0.2, -0.15) is 0 Å². The molecule has 6 heteroatoms. The molecular weight excluding hydrogens is 340 g/mol. The standard InChI is InChI=1S/C21H20N4O2/c1-13-17(16-7-3-5-9-19(16)23-13)11-21(27)25-24-20(26)10-14-12-22-18-8-4-2-6-15(14)18/h2-9,12,22-23H,10-11H2,1H3,(H,24,26)(H,25,27). The highest BCUT2D eigenvalue weighted by Gasteiger charge is 2.13. The van der Waals surface area contributed by atoms with Gasteiger partial charge in [-0.1, -0.05) is 36.4 Å². The molecule has 0 spiro atoms. The fraction of sp³-hybridized carbons (Fsp3) is 0.143. The molecule has 6 nitrogen and oxygen atoms in total. The Kier molecular flexibility index (Phi) is 4.38. The third-order valence-electron chi connectivity index (χ3n) is 4.73. The van der Waals surface area contributed by atoms with Crippen molar-refractivity contribution in [2.45, 2.75) is 19.8 Å². The maximum absolute atomic E-state index is 12.3. The van der Waals surface area contributed by atoms with Crippen LogP contribution in [-0.2, 0) is 22.4 Å². The van der Waals surface area contributed by atoms with Gasteiger partial charge in [-0.3, -0.25) is 20.4 Å². The first-order valence-electron chi connectivity index (χ1n) is 8.80. The minimum Gasteiger partial charge on any atom is -0.361 e. The highest BCUT2D eigenvalue weighted by atomic mass is 16.2. The van der Waals surface area contributed by atoms with E-state index in [2.05, 4.69) is 20.8 Å². The number of para-hydroxylation sites is 2. The molecule has 0 atom stereocenters. The van der Waals surface area contributed by atoms with E-state index in [1.54, 1.807) is 0 Å². The van der Waals surface area contributed by atoms with Crippen LogP contribution in [0.25, 0.3) is 21.8 Å². The average molecular weight is 360 g/mol. The zero-order chi connectivity index (χ0) is 18.8. The summed E-state index contributed by atoms with van der Waals surface area (Å²) in [5, 5.41) is 2.03. The minimum atomic E-state index is -0.260. The number of carbonyl (C=O) groups excluding carboxylic acids is 2. The molecule has 0 unspecified atom stereocenters. The van der Waals surface area contributed by atoms with Crippen LogP contribution in [0.15, 0.2) is 54.7 Å². The third kappa shape index (κ3) is 3.42. The molecule has 0 aliphatic heterocycles. The number of hydrazine groups is 1. The van der Waals surface area contributed by atoms with Crippen molar-refractivity contribution in [2.75, 3.05) is 0 Å². The lowest BCUT2D eigenvalue weighted by Crippen LogP contribution is -2.43. The maximum atomic E-state index is 12.3. The summed E-state index contributed by atoms with van der Waals surface area (Å²) in [6.45, 7) is 1.94. The largest absolute Gasteiger partial charge is 0.361 e. The summed E-state index contributed by atoms with van der Waals surface area (Å²) in [6.07, 6.45) is 2.21. The number of rotatable bonds is 4. The molecule has 0 fully saturated rings. The minimum absolute atomic E-state index is 0.191. The molecule has 27 heavy (non-hydrogen) atoms. The Morgan fingerprint density at radius 3 is 2.26 bits per heavy atom. The number of benzene rings is 2. The number of hydrogen-bond acceptors (Lipinski definition) is 2. The SMILES string of the molecule is Cc1[nH]c2ccccc2c1CC(=O)NNC(=O)Cc1c[nH]c2ccccc12. The molecule has 2 amide bonds. The average Bonchev–Trinajstić information content (AvgIpc) is 3.21. The summed E-state index contributed by atoms with van der Waals surface area (Å²) in [5.41, 5.74) is 9.79. The Bertz CT molecular complexity index is 1140. The van der Waals surface area contributed by atoms with Gasteiger partial charge >= 0.3 is 0 Å². The number of amides is 2. The van der Waals surface area contributed by atoms with Gasteiger partial charge in [0.25, 0.3) is 0 Å². The zero-order valence-corrected chi connectivity index (χ0v) is 14.9. The van der Waals surface area contributed by atoms with Crippen molar-refractivity contribution < 1.29 is 9.59 Å². The smallest absolute Gasteiger partial charge is 0.242 e. The monoisotopic (exact) mass is 360 g/mol. The lowest BCUT2D eigenvalue weighted by Gasteiger charge is -2.07. The van der Waals surface area contributed by atoms with Gasteiger partial charge in [-0.05, 0) is 30.2 Å². The molecule has 0 saturated carbocycles. The Morgan fingerprint density at radius 2 is 1.48 bits per heavy atom. The second kappa shape index (κ2) is 6.99. The quantitative estimate of drug-likeness (QED) is 0.422. The van der Waals surface area contributed by atoms with Crippen LogP contribution in [0.3, 0.4) is 0 Å². The van der Waals surface area contributed by atoms with E-state index < -0.39 is 0 Å². The van der Waals surface area contributed by atoms with Gasteiger partial charge < -0.3 is 9.97 Å². The van der Waals surface area contributed by atoms with E-state index in [-0.39, 0.29) is 24.7 Å². The van der Waals surface area contributed by atoms with Crippen molar-refractivity contribution in [3.05, 3.63) is 71.5 Å². The van der Waals surface area contributed by atoms with E-state index in [0.717, 1.165) is 38.6 Å². The molecule has 2 heterocycles. The number of aryl methyl sites for hydroxylation is 1. The molecule has 136 valence electrons. The van der Waals surface area contributed by atoms with E-state index in [0.29, 0.717) is 0 Å². The third-order valence-corrected chi connectivity index (χ3v) is 4.73. The summed E-state index contributed by atoms with van der Waals surface area (Å²) in [6, 6.07) is 15.7. The summed E-state index contributed by atoms with van der Waals surface area (Å²) < 4.78 is 0. The molecule has 0 radical (unpaired) electrons. The van der Waals surface area contributed by atoms with Crippen molar-refractivity contribution in [3.8, 4) is 0 Å². The van der Waals surface area contributed by atoms with E-state index in [9.17, 15) is 9.59 Å². The number of hydrogen-bond donors (Lipinski definition) is 4. The molecule has 2 aromatic heterocycles. The summed E-state index contributed by atoms with van der Waals surface area (Å²) in [5.74, 6) is -0.515. The van der Waals surface area contributed by atoms with E-state index in [1.165, 1.54) is 0 Å². The van der Waals surface area contributed by atoms with Gasteiger partial charge in [0.05, 0.1) is 12.8 Å². The van der Waals surface area contributed by atoms with Crippen LogP contribution in [0, 0.1) is 6.92 Å². The van der Waals surface area contributed by atoms with E-state index >= 15 is 0 Å². The number of nitrogens with one attached hydrogen (secondary N) is 4. The first-order chi connectivity index (χ1) is 13.1. The van der Waals surface area contributed by atoms with E-state index in [1.807, 2.05) is 61.7 Å². The fourth-order valence-corrected chi connectivity index (χ4v) is 3.40. The van der Waals surface area contributed by atoms with Gasteiger partial charge in [-0.25, -0.2) is 0 Å². The van der Waals surface area contributed by atoms with Crippen LogP contribution in [0.5, 0.6) is 0 Å². The summed E-state index contributed by atoms with van der Waals surface area (Å²) >= 11 is 0. The molecule has 0 aliphatic carbocycles. The molecule has 4 rings (SSSR count). The number of carbonyl (C=O) groups is 2. The van der Waals surface area contributed by atoms with Gasteiger partial charge in [0.15, 0.2) is 0 Å². The Labute approximate surface area is 155 Å². The lowest BCUT2D eigenvalue weighted by molar-refractivity contribution is -0.128. The topological polar surface area (TPSA) is 89.8 Å². The second-order valence-electron chi connectivity index (χ2n) is 6.58. The van der Waals surface area contributed by atoms with Crippen LogP contribution >= 0.6 is 0 Å². The van der Waals surface area contributed by atoms with Crippen molar-refractivity contribution in [1.82, 2.24) is 20.8 Å². The fourth-order valence-electron chi connectivity index (χ4n) is 3.40. The molecule has 2 aromatic carbocycles. The first kappa shape index (κ1) is 16.9. The first-order valence-corrected chi connectivity index (χ1v) is 8.80. The van der Waals surface area contributed by atoms with Gasteiger partial charge in [0.2, 0.25) is 11.8 Å². The molecule has 0 saturated heterocycles. The molecule has 4 N–H and O–H groups in total. The molecule has 0 bridgehead atoms. The van der Waals surface area contributed by atoms with Gasteiger partial charge in [-0.15, -0.1) is 0 Å². The highest BCUT2D eigenvalue weighted by molar-refractivity contribution is 5.92. The molecule has 0 aliphatic rings. The molecule has 4 aromatic rings. The van der Waals surface area contributed by atoms with Gasteiger partial charge in [0.1, 0.15) is 0 Å². The van der Waals surface area contributed by atoms with Crippen molar-refractivity contribution in [2.24, 2.45) is 0 Å². The zero-order valence-electron chi connectivity index (χ0n) is 14.9. The van der Waals surface area contributed by atoms with Crippen molar-refractivity contribution in [3.63, 3.8) is 0 Å². The number of aromatic amines is 2. The Hall–Kier alpha value is -3.54. The number of aromatic nitrogens is 2. The normalized spacial score (nSPS) is 11.0. The van der Waals surface area contributed by atoms with Crippen molar-refractivity contribution in [1.29, 1.82) is 0 Å². The Morgan fingerprint density at radius 1 is 0.852 bits per heavy atom. The maximum Gasteiger partial charge on any atom is 0.242 e. The lowest BCUT2D eigenvalue weighted by atomic mass is 10.1. The van der Waals surface area contributed by atoms with Crippen LogP contribution < -0.4 is 10.9 Å². The molecular formula is C21H20N4O2. The van der Waals surface area contributed by atoms with Crippen LogP contribution in [-0.4, -0.2) is 21.8 Å². The second-order valence-corrected chi connectivity index (χ2v) is 6.58. The predicted molar refractivity (Wildman–Crippen MR) is 105 cm³/mol. The van der Waals surface area contributed by atoms with Crippen LogP contribution in [0.2, 0.25) is 0 Å². The summed E-state index contributed by atoms with van der Waals surface area (Å²) in [7, 11) is 0. The predicted octanol–water partition coefficient (Wildman–Crippen LogP) is 2.89. The van der Waals surface area contributed by atoms with Crippen molar-refractivity contribution >= 4 is 33.6 Å². The Balaban J connectivity index is 1.37. The van der Waals surface area contributed by atoms with E-state index in [4.69, 9.17) is 0 Å². The van der Waals surface area contributed by atoms with Crippen LogP contribution in [0.1, 0.15) is 16.8 Å². The number of H-pyrrole nitrogens is 2. The summed E-state index contributed by atoms with van der Waals surface area (Å²) in [4.78, 5) is 30.9. The van der Waals surface area contributed by atoms with Crippen LogP contribution in [0.4, 0.5) is 0 Å². The van der Waals surface area contributed by atoms with Gasteiger partial charge in [0, 0.05) is 33.7 Å². The highest BCUT2D eigenvalue weighted by Crippen LogP contribution is 2.22.